The Labute approximate surface area is 99.5 Å². The number of rotatable bonds is 1. The van der Waals surface area contributed by atoms with Gasteiger partial charge in [0.1, 0.15) is 0 Å². The first-order chi connectivity index (χ1) is 7.63. The van der Waals surface area contributed by atoms with Gasteiger partial charge in [-0.2, -0.15) is 5.26 Å². The van der Waals surface area contributed by atoms with Gasteiger partial charge in [-0.1, -0.05) is 17.7 Å². The van der Waals surface area contributed by atoms with Crippen molar-refractivity contribution < 1.29 is 0 Å². The molecule has 2 rings (SSSR count). The zero-order valence-electron chi connectivity index (χ0n) is 9.21. The van der Waals surface area contributed by atoms with E-state index in [1.165, 1.54) is 0 Å². The monoisotopic (exact) mass is 230 g/mol. The summed E-state index contributed by atoms with van der Waals surface area (Å²) >= 11 is 6.06. The van der Waals surface area contributed by atoms with Crippen molar-refractivity contribution in [3.8, 4) is 6.07 Å². The third kappa shape index (κ3) is 1.75. The molecule has 0 N–H and O–H groups in total. The largest absolute Gasteiger partial charge is 0.251 e. The number of halogens is 1. The minimum atomic E-state index is 0.336. The van der Waals surface area contributed by atoms with E-state index in [1.807, 2.05) is 32.0 Å². The fourth-order valence-corrected chi connectivity index (χ4v) is 1.97. The Morgan fingerprint density at radius 3 is 2.81 bits per heavy atom. The molecule has 0 aliphatic carbocycles. The number of pyridine rings is 1. The lowest BCUT2D eigenvalue weighted by Crippen LogP contribution is -1.94. The van der Waals surface area contributed by atoms with Crippen molar-refractivity contribution in [3.05, 3.63) is 40.0 Å². The molecule has 3 heteroatoms. The van der Waals surface area contributed by atoms with Crippen molar-refractivity contribution in [2.75, 3.05) is 0 Å². The van der Waals surface area contributed by atoms with Gasteiger partial charge in [-0.3, -0.25) is 4.98 Å². The van der Waals surface area contributed by atoms with Crippen molar-refractivity contribution in [1.29, 1.82) is 5.26 Å². The Balaban J connectivity index is 2.79. The average molecular weight is 231 g/mol. The van der Waals surface area contributed by atoms with Crippen LogP contribution in [-0.2, 0) is 6.42 Å². The van der Waals surface area contributed by atoms with E-state index in [1.54, 1.807) is 0 Å². The van der Waals surface area contributed by atoms with Crippen LogP contribution in [0.15, 0.2) is 18.2 Å². The Morgan fingerprint density at radius 2 is 2.12 bits per heavy atom. The fraction of sp³-hybridized carbons (Fsp3) is 0.231. The summed E-state index contributed by atoms with van der Waals surface area (Å²) in [5.41, 5.74) is 3.81. The molecule has 0 spiro atoms. The molecule has 0 saturated carbocycles. The van der Waals surface area contributed by atoms with E-state index in [0.717, 1.165) is 27.7 Å². The molecular weight excluding hydrogens is 220 g/mol. The Kier molecular flexibility index (Phi) is 2.80. The van der Waals surface area contributed by atoms with Crippen LogP contribution in [0, 0.1) is 25.2 Å². The minimum Gasteiger partial charge on any atom is -0.251 e. The summed E-state index contributed by atoms with van der Waals surface area (Å²) in [5.74, 6) is 0. The highest BCUT2D eigenvalue weighted by Crippen LogP contribution is 2.26. The van der Waals surface area contributed by atoms with E-state index in [0.29, 0.717) is 11.4 Å². The molecule has 1 aromatic carbocycles. The van der Waals surface area contributed by atoms with Gasteiger partial charge >= 0.3 is 0 Å². The Morgan fingerprint density at radius 1 is 1.38 bits per heavy atom. The van der Waals surface area contributed by atoms with E-state index in [9.17, 15) is 0 Å². The van der Waals surface area contributed by atoms with Crippen molar-refractivity contribution in [1.82, 2.24) is 4.98 Å². The highest BCUT2D eigenvalue weighted by Gasteiger charge is 2.07. The highest BCUT2D eigenvalue weighted by atomic mass is 35.5. The van der Waals surface area contributed by atoms with Crippen LogP contribution in [0.25, 0.3) is 10.9 Å². The minimum absolute atomic E-state index is 0.336. The lowest BCUT2D eigenvalue weighted by Gasteiger charge is -2.08. The number of hydrogen-bond donors (Lipinski definition) is 0. The summed E-state index contributed by atoms with van der Waals surface area (Å²) in [6.07, 6.45) is 0.336. The van der Waals surface area contributed by atoms with Crippen LogP contribution in [-0.4, -0.2) is 4.98 Å². The number of aromatic nitrogens is 1. The fourth-order valence-electron chi connectivity index (χ4n) is 1.81. The van der Waals surface area contributed by atoms with Gasteiger partial charge in [0.05, 0.1) is 23.7 Å². The number of fused-ring (bicyclic) bond motifs is 1. The summed E-state index contributed by atoms with van der Waals surface area (Å²) in [6, 6.07) is 7.93. The summed E-state index contributed by atoms with van der Waals surface area (Å²) in [7, 11) is 0. The highest BCUT2D eigenvalue weighted by molar-refractivity contribution is 6.32. The van der Waals surface area contributed by atoms with Crippen molar-refractivity contribution in [2.45, 2.75) is 20.3 Å². The van der Waals surface area contributed by atoms with Crippen LogP contribution in [0.2, 0.25) is 5.02 Å². The van der Waals surface area contributed by atoms with Gasteiger partial charge < -0.3 is 0 Å². The van der Waals surface area contributed by atoms with Crippen molar-refractivity contribution >= 4 is 22.5 Å². The first-order valence-electron chi connectivity index (χ1n) is 5.05. The third-order valence-corrected chi connectivity index (χ3v) is 3.10. The number of nitriles is 1. The maximum Gasteiger partial charge on any atom is 0.0775 e. The molecule has 1 heterocycles. The van der Waals surface area contributed by atoms with Crippen molar-refractivity contribution in [2.24, 2.45) is 0 Å². The van der Waals surface area contributed by atoms with Gasteiger partial charge in [-0.25, -0.2) is 0 Å². The van der Waals surface area contributed by atoms with Crippen LogP contribution in [0.1, 0.15) is 16.8 Å². The first kappa shape index (κ1) is 10.9. The van der Waals surface area contributed by atoms with Gasteiger partial charge in [-0.05, 0) is 37.1 Å². The Hall–Kier alpha value is -1.59. The number of aryl methyl sites for hydroxylation is 2. The van der Waals surface area contributed by atoms with Crippen LogP contribution in [0.3, 0.4) is 0 Å². The molecule has 0 radical (unpaired) electrons. The van der Waals surface area contributed by atoms with Crippen LogP contribution in [0.4, 0.5) is 0 Å². The van der Waals surface area contributed by atoms with Crippen LogP contribution in [0.5, 0.6) is 0 Å². The molecule has 0 saturated heterocycles. The normalized spacial score (nSPS) is 10.4. The molecule has 0 atom stereocenters. The number of nitrogens with zero attached hydrogens (tertiary/aromatic N) is 2. The molecule has 2 nitrogen and oxygen atoms in total. The van der Waals surface area contributed by atoms with Gasteiger partial charge in [0.15, 0.2) is 0 Å². The second-order valence-corrected chi connectivity index (χ2v) is 4.24. The molecule has 16 heavy (non-hydrogen) atoms. The molecule has 0 amide bonds. The number of benzene rings is 1. The molecule has 0 aliphatic rings. The quantitative estimate of drug-likeness (QED) is 0.751. The molecule has 0 bridgehead atoms. The van der Waals surface area contributed by atoms with E-state index in [-0.39, 0.29) is 0 Å². The molecule has 2 aromatic rings. The van der Waals surface area contributed by atoms with Gasteiger partial charge in [0, 0.05) is 10.4 Å². The smallest absolute Gasteiger partial charge is 0.0775 e. The first-order valence-corrected chi connectivity index (χ1v) is 5.43. The van der Waals surface area contributed by atoms with Crippen LogP contribution < -0.4 is 0 Å². The molecule has 0 aliphatic heterocycles. The molecule has 0 fully saturated rings. The van der Waals surface area contributed by atoms with Crippen LogP contribution >= 0.6 is 11.6 Å². The zero-order chi connectivity index (χ0) is 11.7. The Bertz CT molecular complexity index is 597. The van der Waals surface area contributed by atoms with Crippen molar-refractivity contribution in [3.63, 3.8) is 0 Å². The predicted octanol–water partition coefficient (Wildman–Crippen LogP) is 3.57. The summed E-state index contributed by atoms with van der Waals surface area (Å²) in [5, 5.41) is 10.5. The standard InChI is InChI=1S/C13H11ClN2/c1-8-7-10(5-6-15)16-13-9(2)12(14)4-3-11(8)13/h3-4,7H,5H2,1-2H3. The van der Waals surface area contributed by atoms with E-state index < -0.39 is 0 Å². The summed E-state index contributed by atoms with van der Waals surface area (Å²) in [6.45, 7) is 3.98. The van der Waals surface area contributed by atoms with Gasteiger partial charge in [0.2, 0.25) is 0 Å². The topological polar surface area (TPSA) is 36.7 Å². The number of hydrogen-bond acceptors (Lipinski definition) is 2. The van der Waals surface area contributed by atoms with E-state index >= 15 is 0 Å². The van der Waals surface area contributed by atoms with E-state index in [4.69, 9.17) is 16.9 Å². The molecule has 80 valence electrons. The molecular formula is C13H11ClN2. The lowest BCUT2D eigenvalue weighted by atomic mass is 10.0. The molecule has 0 unspecified atom stereocenters. The SMILES string of the molecule is Cc1cc(CC#N)nc2c(C)c(Cl)ccc12. The van der Waals surface area contributed by atoms with Gasteiger partial charge in [-0.15, -0.1) is 0 Å². The molecule has 1 aromatic heterocycles. The summed E-state index contributed by atoms with van der Waals surface area (Å²) in [4.78, 5) is 4.48. The predicted molar refractivity (Wildman–Crippen MR) is 65.5 cm³/mol. The zero-order valence-corrected chi connectivity index (χ0v) is 9.97. The summed E-state index contributed by atoms with van der Waals surface area (Å²) < 4.78 is 0. The average Bonchev–Trinajstić information content (AvgIpc) is 2.25. The maximum atomic E-state index is 8.69. The second kappa shape index (κ2) is 4.11. The lowest BCUT2D eigenvalue weighted by molar-refractivity contribution is 1.13. The second-order valence-electron chi connectivity index (χ2n) is 3.83. The van der Waals surface area contributed by atoms with E-state index in [2.05, 4.69) is 11.1 Å². The third-order valence-electron chi connectivity index (χ3n) is 2.69. The maximum absolute atomic E-state index is 8.69. The van der Waals surface area contributed by atoms with Gasteiger partial charge in [0.25, 0.3) is 0 Å².